The Hall–Kier alpha value is -1.95. The van der Waals surface area contributed by atoms with Crippen molar-refractivity contribution in [2.45, 2.75) is 31.8 Å². The number of benzene rings is 2. The zero-order valence-electron chi connectivity index (χ0n) is 15.4. The van der Waals surface area contributed by atoms with Crippen LogP contribution < -0.4 is 15.8 Å². The van der Waals surface area contributed by atoms with Crippen LogP contribution in [0.3, 0.4) is 0 Å². The van der Waals surface area contributed by atoms with Gasteiger partial charge in [0.05, 0.1) is 18.8 Å². The van der Waals surface area contributed by atoms with E-state index in [2.05, 4.69) is 22.3 Å². The van der Waals surface area contributed by atoms with Crippen LogP contribution in [0.4, 0.5) is 11.4 Å². The summed E-state index contributed by atoms with van der Waals surface area (Å²) in [6.45, 7) is 1.74. The van der Waals surface area contributed by atoms with Crippen LogP contribution >= 0.6 is 24.8 Å². The zero-order valence-corrected chi connectivity index (χ0v) is 17.0. The third kappa shape index (κ3) is 6.03. The van der Waals surface area contributed by atoms with E-state index < -0.39 is 0 Å². The van der Waals surface area contributed by atoms with Crippen LogP contribution in [-0.2, 0) is 11.3 Å². The van der Waals surface area contributed by atoms with Gasteiger partial charge in [0, 0.05) is 12.2 Å². The Balaban J connectivity index is 0.00000182. The van der Waals surface area contributed by atoms with Crippen molar-refractivity contribution >= 4 is 42.1 Å². The molecule has 3 N–H and O–H groups in total. The van der Waals surface area contributed by atoms with Crippen molar-refractivity contribution in [3.63, 3.8) is 0 Å². The Morgan fingerprint density at radius 1 is 1.19 bits per heavy atom. The van der Waals surface area contributed by atoms with Crippen molar-refractivity contribution in [3.8, 4) is 5.75 Å². The number of halogens is 2. The minimum atomic E-state index is -0.114. The maximum absolute atomic E-state index is 12.8. The third-order valence-corrected chi connectivity index (χ3v) is 4.64. The topological polar surface area (TPSA) is 67.6 Å². The van der Waals surface area contributed by atoms with E-state index in [0.29, 0.717) is 17.1 Å². The minimum Gasteiger partial charge on any atom is -0.495 e. The Kier molecular flexibility index (Phi) is 9.43. The number of amides is 1. The largest absolute Gasteiger partial charge is 0.495 e. The van der Waals surface area contributed by atoms with Crippen molar-refractivity contribution < 1.29 is 9.53 Å². The zero-order chi connectivity index (χ0) is 17.6. The van der Waals surface area contributed by atoms with Gasteiger partial charge in [-0.25, -0.2) is 0 Å². The third-order valence-electron chi connectivity index (χ3n) is 4.64. The summed E-state index contributed by atoms with van der Waals surface area (Å²) >= 11 is 0. The molecular formula is C20H27Cl2N3O2. The molecular weight excluding hydrogens is 385 g/mol. The molecule has 1 amide bonds. The summed E-state index contributed by atoms with van der Waals surface area (Å²) in [6.07, 6.45) is 3.09. The first kappa shape index (κ1) is 23.1. The summed E-state index contributed by atoms with van der Waals surface area (Å²) < 4.78 is 5.16. The highest BCUT2D eigenvalue weighted by atomic mass is 35.5. The molecule has 0 aromatic heterocycles. The number of likely N-dealkylation sites (tertiary alicyclic amines) is 1. The highest BCUT2D eigenvalue weighted by Gasteiger charge is 2.28. The molecule has 0 spiro atoms. The molecule has 1 heterocycles. The van der Waals surface area contributed by atoms with Crippen molar-refractivity contribution in [1.82, 2.24) is 4.90 Å². The minimum absolute atomic E-state index is 0. The Morgan fingerprint density at radius 2 is 1.93 bits per heavy atom. The van der Waals surface area contributed by atoms with E-state index in [4.69, 9.17) is 10.5 Å². The lowest BCUT2D eigenvalue weighted by Gasteiger charge is -2.34. The summed E-state index contributed by atoms with van der Waals surface area (Å²) in [5.74, 6) is 0.640. The van der Waals surface area contributed by atoms with E-state index in [1.807, 2.05) is 24.3 Å². The number of piperidine rings is 1. The molecule has 3 rings (SSSR count). The maximum Gasteiger partial charge on any atom is 0.241 e. The summed E-state index contributed by atoms with van der Waals surface area (Å²) in [5, 5.41) is 3.00. The van der Waals surface area contributed by atoms with Crippen LogP contribution in [0, 0.1) is 0 Å². The molecule has 0 aliphatic carbocycles. The van der Waals surface area contributed by atoms with Crippen molar-refractivity contribution in [1.29, 1.82) is 0 Å². The quantitative estimate of drug-likeness (QED) is 0.726. The van der Waals surface area contributed by atoms with Gasteiger partial charge in [-0.15, -0.1) is 24.8 Å². The average molecular weight is 412 g/mol. The standard InChI is InChI=1S/C20H25N3O2.2ClH/c1-25-19-11-10-16(13-17(19)21)22-20(24)18-9-5-6-12-23(18)14-15-7-3-2-4-8-15;;/h2-4,7-8,10-11,13,18H,5-6,9,12,14,21H2,1H3,(H,22,24);2*1H. The highest BCUT2D eigenvalue weighted by Crippen LogP contribution is 2.26. The summed E-state index contributed by atoms with van der Waals surface area (Å²) in [4.78, 5) is 15.1. The van der Waals surface area contributed by atoms with Gasteiger partial charge in [-0.3, -0.25) is 9.69 Å². The second kappa shape index (κ2) is 11.0. The van der Waals surface area contributed by atoms with Crippen molar-refractivity contribution in [2.75, 3.05) is 24.7 Å². The number of methoxy groups -OCH3 is 1. The fraction of sp³-hybridized carbons (Fsp3) is 0.350. The molecule has 1 atom stereocenters. The summed E-state index contributed by atoms with van der Waals surface area (Å²) in [5.41, 5.74) is 8.38. The molecule has 1 fully saturated rings. The van der Waals surface area contributed by atoms with Crippen molar-refractivity contribution in [2.24, 2.45) is 0 Å². The molecule has 1 aliphatic heterocycles. The fourth-order valence-corrected chi connectivity index (χ4v) is 3.33. The smallest absolute Gasteiger partial charge is 0.241 e. The van der Waals surface area contributed by atoms with Gasteiger partial charge in [-0.2, -0.15) is 0 Å². The lowest BCUT2D eigenvalue weighted by atomic mass is 10.00. The number of nitrogens with one attached hydrogen (secondary N) is 1. The molecule has 0 radical (unpaired) electrons. The fourth-order valence-electron chi connectivity index (χ4n) is 3.33. The molecule has 1 saturated heterocycles. The predicted octanol–water partition coefficient (Wildman–Crippen LogP) is 4.11. The number of anilines is 2. The van der Waals surface area contributed by atoms with Crippen molar-refractivity contribution in [3.05, 3.63) is 54.1 Å². The first-order valence-corrected chi connectivity index (χ1v) is 8.70. The van der Waals surface area contributed by atoms with E-state index in [0.717, 1.165) is 32.4 Å². The molecule has 27 heavy (non-hydrogen) atoms. The van der Waals surface area contributed by atoms with Crippen LogP contribution in [0.15, 0.2) is 48.5 Å². The van der Waals surface area contributed by atoms with Crippen LogP contribution in [0.5, 0.6) is 5.75 Å². The molecule has 5 nitrogen and oxygen atoms in total. The van der Waals surface area contributed by atoms with E-state index >= 15 is 0 Å². The second-order valence-electron chi connectivity index (χ2n) is 6.41. The number of nitrogens with zero attached hydrogens (tertiary/aromatic N) is 1. The van der Waals surface area contributed by atoms with Crippen LogP contribution in [0.25, 0.3) is 0 Å². The van der Waals surface area contributed by atoms with Gasteiger partial charge in [-0.1, -0.05) is 36.8 Å². The van der Waals surface area contributed by atoms with Gasteiger partial charge in [0.15, 0.2) is 0 Å². The van der Waals surface area contributed by atoms with Gasteiger partial charge >= 0.3 is 0 Å². The number of carbonyl (C=O) groups excluding carboxylic acids is 1. The lowest BCUT2D eigenvalue weighted by molar-refractivity contribution is -0.122. The number of nitrogens with two attached hydrogens (primary N) is 1. The predicted molar refractivity (Wildman–Crippen MR) is 115 cm³/mol. The summed E-state index contributed by atoms with van der Waals surface area (Å²) in [6, 6.07) is 15.5. The van der Waals surface area contributed by atoms with Gasteiger partial charge in [0.1, 0.15) is 5.75 Å². The Morgan fingerprint density at radius 3 is 2.59 bits per heavy atom. The van der Waals surface area contributed by atoms with Crippen LogP contribution in [0.2, 0.25) is 0 Å². The molecule has 2 aromatic rings. The number of carbonyl (C=O) groups is 1. The molecule has 1 aliphatic rings. The van der Waals surface area contributed by atoms with E-state index in [-0.39, 0.29) is 36.8 Å². The average Bonchev–Trinajstić information content (AvgIpc) is 2.63. The molecule has 0 bridgehead atoms. The normalized spacial score (nSPS) is 16.6. The Bertz CT molecular complexity index is 728. The number of rotatable bonds is 5. The van der Waals surface area contributed by atoms with Gasteiger partial charge in [0.25, 0.3) is 0 Å². The first-order valence-electron chi connectivity index (χ1n) is 8.70. The number of hydrogen-bond acceptors (Lipinski definition) is 4. The number of hydrogen-bond donors (Lipinski definition) is 2. The molecule has 0 saturated carbocycles. The van der Waals surface area contributed by atoms with E-state index in [9.17, 15) is 4.79 Å². The maximum atomic E-state index is 12.8. The Labute approximate surface area is 173 Å². The number of ether oxygens (including phenoxy) is 1. The lowest BCUT2D eigenvalue weighted by Crippen LogP contribution is -2.46. The molecule has 1 unspecified atom stereocenters. The molecule has 2 aromatic carbocycles. The first-order chi connectivity index (χ1) is 12.2. The van der Waals surface area contributed by atoms with Gasteiger partial charge < -0.3 is 15.8 Å². The van der Waals surface area contributed by atoms with Crippen LogP contribution in [-0.4, -0.2) is 30.5 Å². The molecule has 7 heteroatoms. The second-order valence-corrected chi connectivity index (χ2v) is 6.41. The monoisotopic (exact) mass is 411 g/mol. The van der Waals surface area contributed by atoms with Gasteiger partial charge in [0.2, 0.25) is 5.91 Å². The summed E-state index contributed by atoms with van der Waals surface area (Å²) in [7, 11) is 1.58. The number of nitrogen functional groups attached to an aromatic ring is 1. The van der Waals surface area contributed by atoms with Crippen LogP contribution in [0.1, 0.15) is 24.8 Å². The molecule has 148 valence electrons. The van der Waals surface area contributed by atoms with E-state index in [1.54, 1.807) is 19.2 Å². The van der Waals surface area contributed by atoms with Gasteiger partial charge in [-0.05, 0) is 43.1 Å². The van der Waals surface area contributed by atoms with E-state index in [1.165, 1.54) is 5.56 Å². The highest BCUT2D eigenvalue weighted by molar-refractivity contribution is 5.95. The SMILES string of the molecule is COc1ccc(NC(=O)C2CCCCN2Cc2ccccc2)cc1N.Cl.Cl.